The highest BCUT2D eigenvalue weighted by Gasteiger charge is 2.20. The van der Waals surface area contributed by atoms with Gasteiger partial charge in [0.15, 0.2) is 0 Å². The predicted molar refractivity (Wildman–Crippen MR) is 310 cm³/mol. The number of hydrogen-bond acceptors (Lipinski definition) is 5. The van der Waals surface area contributed by atoms with Crippen LogP contribution in [0, 0.1) is 0 Å². The summed E-state index contributed by atoms with van der Waals surface area (Å²) in [6, 6.07) is -0.544. The number of unbranched alkanes of at least 4 members (excludes halogenated alkanes) is 48. The number of esters is 1. The number of amides is 1. The fraction of sp³-hybridized carbons (Fsp3) is 0.938. The van der Waals surface area contributed by atoms with E-state index in [0.717, 1.165) is 38.5 Å². The first-order valence-corrected chi connectivity index (χ1v) is 32.4. The molecule has 0 aliphatic heterocycles. The molecule has 0 aliphatic rings. The maximum atomic E-state index is 12.5. The molecule has 0 heterocycles. The van der Waals surface area contributed by atoms with E-state index in [9.17, 15) is 19.8 Å². The van der Waals surface area contributed by atoms with Crippen molar-refractivity contribution in [3.05, 3.63) is 12.2 Å². The quantitative estimate of drug-likeness (QED) is 0.0320. The Kier molecular flexibility index (Phi) is 59.9. The number of aliphatic hydroxyl groups excluding tert-OH is 2. The van der Waals surface area contributed by atoms with Crippen LogP contribution >= 0.6 is 0 Å². The molecule has 0 rings (SSSR count). The number of nitrogens with one attached hydrogen (secondary N) is 1. The second-order valence-corrected chi connectivity index (χ2v) is 22.5. The Balaban J connectivity index is 3.38. The van der Waals surface area contributed by atoms with Crippen molar-refractivity contribution in [2.45, 2.75) is 379 Å². The number of ether oxygens (including phenoxy) is 1. The second kappa shape index (κ2) is 61.1. The topological polar surface area (TPSA) is 95.9 Å². The summed E-state index contributed by atoms with van der Waals surface area (Å²) in [5, 5.41) is 23.3. The van der Waals surface area contributed by atoms with Gasteiger partial charge in [0.2, 0.25) is 5.91 Å². The molecular weight excluding hydrogens is 875 g/mol. The van der Waals surface area contributed by atoms with Crippen molar-refractivity contribution in [2.75, 3.05) is 13.2 Å². The van der Waals surface area contributed by atoms with Gasteiger partial charge in [-0.15, -0.1) is 0 Å². The van der Waals surface area contributed by atoms with Gasteiger partial charge in [0, 0.05) is 12.8 Å². The molecule has 0 aliphatic carbocycles. The number of carbonyl (C=O) groups excluding carboxylic acids is 2. The summed E-state index contributed by atoms with van der Waals surface area (Å²) in [4.78, 5) is 24.6. The molecule has 0 aromatic rings. The largest absolute Gasteiger partial charge is 0.466 e. The normalized spacial score (nSPS) is 12.6. The van der Waals surface area contributed by atoms with Gasteiger partial charge in [0.25, 0.3) is 0 Å². The van der Waals surface area contributed by atoms with Crippen molar-refractivity contribution in [3.8, 4) is 0 Å². The summed E-state index contributed by atoms with van der Waals surface area (Å²) in [5.74, 6) is -0.0206. The molecule has 0 fully saturated rings. The molecule has 3 N–H and O–H groups in total. The van der Waals surface area contributed by atoms with Gasteiger partial charge in [0.1, 0.15) is 0 Å². The maximum absolute atomic E-state index is 12.5. The van der Waals surface area contributed by atoms with Gasteiger partial charge in [-0.2, -0.15) is 0 Å². The fourth-order valence-electron chi connectivity index (χ4n) is 10.3. The van der Waals surface area contributed by atoms with E-state index in [2.05, 4.69) is 31.3 Å². The Hall–Kier alpha value is -1.40. The molecule has 71 heavy (non-hydrogen) atoms. The van der Waals surface area contributed by atoms with Crippen molar-refractivity contribution in [2.24, 2.45) is 0 Å². The molecule has 2 unspecified atom stereocenters. The minimum absolute atomic E-state index is 0.0162. The van der Waals surface area contributed by atoms with E-state index >= 15 is 0 Å². The molecule has 2 atom stereocenters. The lowest BCUT2D eigenvalue weighted by Crippen LogP contribution is -2.45. The van der Waals surface area contributed by atoms with Crippen molar-refractivity contribution < 1.29 is 24.5 Å². The highest BCUT2D eigenvalue weighted by Crippen LogP contribution is 2.18. The molecule has 6 heteroatoms. The van der Waals surface area contributed by atoms with Crippen molar-refractivity contribution in [1.29, 1.82) is 0 Å². The van der Waals surface area contributed by atoms with Gasteiger partial charge in [-0.3, -0.25) is 9.59 Å². The van der Waals surface area contributed by atoms with E-state index in [1.807, 2.05) is 0 Å². The summed E-state index contributed by atoms with van der Waals surface area (Å²) in [6.07, 6.45) is 73.7. The van der Waals surface area contributed by atoms with Crippen molar-refractivity contribution in [3.63, 3.8) is 0 Å². The Morgan fingerprint density at radius 3 is 1.00 bits per heavy atom. The first-order valence-electron chi connectivity index (χ1n) is 32.4. The average molecular weight is 1000 g/mol. The molecule has 0 spiro atoms. The maximum Gasteiger partial charge on any atom is 0.305 e. The van der Waals surface area contributed by atoms with Gasteiger partial charge in [-0.25, -0.2) is 0 Å². The summed E-state index contributed by atoms with van der Waals surface area (Å²) in [5.41, 5.74) is 0. The Bertz CT molecular complexity index is 1060. The third kappa shape index (κ3) is 57.7. The molecule has 0 aromatic heterocycles. The first kappa shape index (κ1) is 69.6. The van der Waals surface area contributed by atoms with Crippen LogP contribution in [0.4, 0.5) is 0 Å². The fourth-order valence-corrected chi connectivity index (χ4v) is 10.3. The van der Waals surface area contributed by atoms with Crippen LogP contribution in [0.15, 0.2) is 12.2 Å². The molecular formula is C65H127NO5. The number of aliphatic hydroxyl groups is 2. The van der Waals surface area contributed by atoms with Crippen LogP contribution in [0.25, 0.3) is 0 Å². The Labute approximate surface area is 444 Å². The zero-order valence-corrected chi connectivity index (χ0v) is 48.2. The van der Waals surface area contributed by atoms with Gasteiger partial charge in [-0.1, -0.05) is 315 Å². The van der Waals surface area contributed by atoms with Crippen LogP contribution in [-0.2, 0) is 14.3 Å². The Morgan fingerprint density at radius 1 is 0.380 bits per heavy atom. The van der Waals surface area contributed by atoms with Gasteiger partial charge in [-0.05, 0) is 51.4 Å². The van der Waals surface area contributed by atoms with Gasteiger partial charge >= 0.3 is 5.97 Å². The van der Waals surface area contributed by atoms with Crippen molar-refractivity contribution >= 4 is 11.9 Å². The van der Waals surface area contributed by atoms with Crippen LogP contribution in [-0.4, -0.2) is 47.4 Å². The van der Waals surface area contributed by atoms with Crippen molar-refractivity contribution in [1.82, 2.24) is 5.32 Å². The molecule has 6 nitrogen and oxygen atoms in total. The third-order valence-electron chi connectivity index (χ3n) is 15.3. The molecule has 0 aromatic carbocycles. The predicted octanol–water partition coefficient (Wildman–Crippen LogP) is 20.4. The second-order valence-electron chi connectivity index (χ2n) is 22.5. The molecule has 422 valence electrons. The van der Waals surface area contributed by atoms with E-state index in [0.29, 0.717) is 25.9 Å². The number of hydrogen-bond donors (Lipinski definition) is 3. The SMILES string of the molecule is CCCCCCCCCCCCCCCCCC(=O)OCCCCCCCCCCCCCC/C=C\CCCCCCCCCCC(=O)NC(CO)C(O)CCCCCCCCCCCCCCCCC. The van der Waals surface area contributed by atoms with Gasteiger partial charge in [0.05, 0.1) is 25.4 Å². The summed E-state index contributed by atoms with van der Waals surface area (Å²) < 4.78 is 5.49. The highest BCUT2D eigenvalue weighted by atomic mass is 16.5. The first-order chi connectivity index (χ1) is 35.0. The van der Waals surface area contributed by atoms with Crippen LogP contribution in [0.5, 0.6) is 0 Å². The minimum Gasteiger partial charge on any atom is -0.466 e. The third-order valence-corrected chi connectivity index (χ3v) is 15.3. The number of rotatable bonds is 61. The van der Waals surface area contributed by atoms with E-state index in [1.54, 1.807) is 0 Å². The standard InChI is InChI=1S/C65H127NO5/c1-3-5-7-9-11-13-15-17-29-33-37-41-45-49-53-57-63(68)62(61-67)66-64(69)58-54-50-46-42-38-34-31-27-25-23-21-19-20-22-24-26-28-32-36-40-44-48-52-56-60-71-65(70)59-55-51-47-43-39-35-30-18-16-14-12-10-8-6-4-2/h21,23,62-63,67-68H,3-20,22,24-61H2,1-2H3,(H,66,69)/b23-21-. The molecule has 1 amide bonds. The molecule has 0 saturated carbocycles. The van der Waals surface area contributed by atoms with Crippen LogP contribution in [0.1, 0.15) is 367 Å². The zero-order chi connectivity index (χ0) is 51.4. The van der Waals surface area contributed by atoms with Crippen LogP contribution < -0.4 is 5.32 Å². The summed E-state index contributed by atoms with van der Waals surface area (Å²) >= 11 is 0. The van der Waals surface area contributed by atoms with E-state index in [4.69, 9.17) is 4.74 Å². The van der Waals surface area contributed by atoms with Crippen LogP contribution in [0.2, 0.25) is 0 Å². The molecule has 0 radical (unpaired) electrons. The lowest BCUT2D eigenvalue weighted by Gasteiger charge is -2.22. The monoisotopic (exact) mass is 1000 g/mol. The van der Waals surface area contributed by atoms with E-state index in [1.165, 1.54) is 295 Å². The van der Waals surface area contributed by atoms with Crippen LogP contribution in [0.3, 0.4) is 0 Å². The average Bonchev–Trinajstić information content (AvgIpc) is 3.37. The molecule has 0 saturated heterocycles. The highest BCUT2D eigenvalue weighted by molar-refractivity contribution is 5.76. The molecule has 0 bridgehead atoms. The smallest absolute Gasteiger partial charge is 0.305 e. The summed E-state index contributed by atoms with van der Waals surface area (Å²) in [7, 11) is 0. The van der Waals surface area contributed by atoms with E-state index < -0.39 is 12.1 Å². The summed E-state index contributed by atoms with van der Waals surface area (Å²) in [6.45, 7) is 4.98. The lowest BCUT2D eigenvalue weighted by molar-refractivity contribution is -0.143. The minimum atomic E-state index is -0.666. The lowest BCUT2D eigenvalue weighted by atomic mass is 10.0. The van der Waals surface area contributed by atoms with E-state index in [-0.39, 0.29) is 18.5 Å². The number of carbonyl (C=O) groups is 2. The van der Waals surface area contributed by atoms with Gasteiger partial charge < -0.3 is 20.3 Å². The number of allylic oxidation sites excluding steroid dienone is 2. The Morgan fingerprint density at radius 2 is 0.662 bits per heavy atom. The zero-order valence-electron chi connectivity index (χ0n) is 48.2.